The number of rotatable bonds is 9. The fourth-order valence-corrected chi connectivity index (χ4v) is 1.62. The van der Waals surface area contributed by atoms with E-state index in [1.807, 2.05) is 13.8 Å². The minimum atomic E-state index is -4.29. The number of aliphatic hydroxyl groups is 1. The zero-order valence-corrected chi connectivity index (χ0v) is 11.3. The lowest BCUT2D eigenvalue weighted by Gasteiger charge is -2.28. The standard InChI is InChI=1S/C12H24F3NO2/c1-4-16-11(3,9-17)7-5-6-8-18-10(2)12(13,14)15/h10,16-17H,4-9H2,1-3H3. The minimum absolute atomic E-state index is 0.0145. The summed E-state index contributed by atoms with van der Waals surface area (Å²) in [6.07, 6.45) is -4.02. The van der Waals surface area contributed by atoms with E-state index in [4.69, 9.17) is 4.74 Å². The first-order valence-electron chi connectivity index (χ1n) is 6.29. The normalized spacial score (nSPS) is 17.5. The number of nitrogens with one attached hydrogen (secondary N) is 1. The van der Waals surface area contributed by atoms with Gasteiger partial charge < -0.3 is 15.2 Å². The lowest BCUT2D eigenvalue weighted by molar-refractivity contribution is -0.214. The van der Waals surface area contributed by atoms with Crippen molar-refractivity contribution in [2.75, 3.05) is 19.8 Å². The van der Waals surface area contributed by atoms with Crippen molar-refractivity contribution < 1.29 is 23.0 Å². The summed E-state index contributed by atoms with van der Waals surface area (Å²) in [5.41, 5.74) is -0.357. The fourth-order valence-electron chi connectivity index (χ4n) is 1.62. The summed E-state index contributed by atoms with van der Waals surface area (Å²) in [4.78, 5) is 0. The Morgan fingerprint density at radius 2 is 1.89 bits per heavy atom. The Morgan fingerprint density at radius 3 is 2.33 bits per heavy atom. The molecule has 0 radical (unpaired) electrons. The van der Waals surface area contributed by atoms with E-state index in [1.54, 1.807) is 0 Å². The van der Waals surface area contributed by atoms with E-state index in [-0.39, 0.29) is 18.8 Å². The van der Waals surface area contributed by atoms with Crippen molar-refractivity contribution in [3.05, 3.63) is 0 Å². The van der Waals surface area contributed by atoms with Crippen molar-refractivity contribution in [2.24, 2.45) is 0 Å². The minimum Gasteiger partial charge on any atom is -0.394 e. The van der Waals surface area contributed by atoms with E-state index in [2.05, 4.69) is 5.32 Å². The molecular formula is C12H24F3NO2. The maximum Gasteiger partial charge on any atom is 0.414 e. The molecule has 0 saturated carbocycles. The SMILES string of the molecule is CCNC(C)(CO)CCCCOC(C)C(F)(F)F. The number of alkyl halides is 3. The van der Waals surface area contributed by atoms with Crippen LogP contribution in [0.2, 0.25) is 0 Å². The average Bonchev–Trinajstić information content (AvgIpc) is 2.27. The second-order valence-corrected chi connectivity index (χ2v) is 4.76. The molecule has 0 heterocycles. The van der Waals surface area contributed by atoms with E-state index < -0.39 is 12.3 Å². The Kier molecular flexibility index (Phi) is 7.82. The zero-order valence-electron chi connectivity index (χ0n) is 11.3. The van der Waals surface area contributed by atoms with Crippen LogP contribution in [0.1, 0.15) is 40.0 Å². The molecule has 0 saturated heterocycles. The third-order valence-corrected chi connectivity index (χ3v) is 2.90. The third kappa shape index (κ3) is 7.18. The first-order chi connectivity index (χ1) is 8.25. The van der Waals surface area contributed by atoms with Gasteiger partial charge in [-0.05, 0) is 39.7 Å². The van der Waals surface area contributed by atoms with Crippen molar-refractivity contribution in [3.63, 3.8) is 0 Å². The molecule has 0 spiro atoms. The molecule has 0 aliphatic rings. The highest BCUT2D eigenvalue weighted by Crippen LogP contribution is 2.22. The molecule has 0 fully saturated rings. The van der Waals surface area contributed by atoms with Crippen LogP contribution in [-0.2, 0) is 4.74 Å². The first-order valence-corrected chi connectivity index (χ1v) is 6.29. The van der Waals surface area contributed by atoms with Crippen LogP contribution >= 0.6 is 0 Å². The van der Waals surface area contributed by atoms with Gasteiger partial charge in [0.2, 0.25) is 0 Å². The predicted octanol–water partition coefficient (Wildman–Crippen LogP) is 2.48. The zero-order chi connectivity index (χ0) is 14.2. The van der Waals surface area contributed by atoms with Gasteiger partial charge in [0.05, 0.1) is 6.61 Å². The van der Waals surface area contributed by atoms with Crippen LogP contribution in [0.4, 0.5) is 13.2 Å². The van der Waals surface area contributed by atoms with Crippen molar-refractivity contribution in [3.8, 4) is 0 Å². The number of halogens is 3. The van der Waals surface area contributed by atoms with Gasteiger partial charge in [-0.3, -0.25) is 0 Å². The third-order valence-electron chi connectivity index (χ3n) is 2.90. The summed E-state index contributed by atoms with van der Waals surface area (Å²) < 4.78 is 41.1. The summed E-state index contributed by atoms with van der Waals surface area (Å²) in [5, 5.41) is 12.4. The predicted molar refractivity (Wildman–Crippen MR) is 64.5 cm³/mol. The molecule has 6 heteroatoms. The topological polar surface area (TPSA) is 41.5 Å². The van der Waals surface area contributed by atoms with Crippen LogP contribution in [0, 0.1) is 0 Å². The molecule has 2 N–H and O–H groups in total. The Bertz CT molecular complexity index is 224. The highest BCUT2D eigenvalue weighted by Gasteiger charge is 2.36. The van der Waals surface area contributed by atoms with E-state index in [1.165, 1.54) is 0 Å². The molecule has 0 aliphatic heterocycles. The molecule has 0 bridgehead atoms. The van der Waals surface area contributed by atoms with Crippen LogP contribution in [0.25, 0.3) is 0 Å². The van der Waals surface area contributed by atoms with Gasteiger partial charge in [-0.25, -0.2) is 0 Å². The number of hydrogen-bond donors (Lipinski definition) is 2. The van der Waals surface area contributed by atoms with Gasteiger partial charge in [-0.1, -0.05) is 6.92 Å². The molecule has 0 amide bonds. The molecule has 18 heavy (non-hydrogen) atoms. The van der Waals surface area contributed by atoms with Gasteiger partial charge in [0.1, 0.15) is 0 Å². The van der Waals surface area contributed by atoms with Gasteiger partial charge in [-0.2, -0.15) is 13.2 Å². The number of likely N-dealkylation sites (N-methyl/N-ethyl adjacent to an activating group) is 1. The Morgan fingerprint density at radius 1 is 1.28 bits per heavy atom. The van der Waals surface area contributed by atoms with Crippen LogP contribution in [0.15, 0.2) is 0 Å². The first kappa shape index (κ1) is 17.7. The van der Waals surface area contributed by atoms with Crippen LogP contribution in [0.5, 0.6) is 0 Å². The van der Waals surface area contributed by atoms with Gasteiger partial charge in [0.25, 0.3) is 0 Å². The Labute approximate surface area is 107 Å². The second kappa shape index (κ2) is 7.96. The number of unbranched alkanes of at least 4 members (excludes halogenated alkanes) is 1. The van der Waals surface area contributed by atoms with E-state index in [0.717, 1.165) is 13.5 Å². The lowest BCUT2D eigenvalue weighted by atomic mass is 9.96. The Balaban J connectivity index is 3.74. The summed E-state index contributed by atoms with van der Waals surface area (Å²) >= 11 is 0. The smallest absolute Gasteiger partial charge is 0.394 e. The molecular weight excluding hydrogens is 247 g/mol. The van der Waals surface area contributed by atoms with E-state index >= 15 is 0 Å². The van der Waals surface area contributed by atoms with E-state index in [9.17, 15) is 18.3 Å². The Hall–Kier alpha value is -0.330. The van der Waals surface area contributed by atoms with Gasteiger partial charge in [-0.15, -0.1) is 0 Å². The van der Waals surface area contributed by atoms with Crippen molar-refractivity contribution in [1.82, 2.24) is 5.32 Å². The number of hydrogen-bond acceptors (Lipinski definition) is 3. The molecule has 0 aliphatic carbocycles. The molecule has 0 aromatic heterocycles. The van der Waals surface area contributed by atoms with Gasteiger partial charge >= 0.3 is 6.18 Å². The number of aliphatic hydroxyl groups excluding tert-OH is 1. The van der Waals surface area contributed by atoms with Crippen LogP contribution in [0.3, 0.4) is 0 Å². The van der Waals surface area contributed by atoms with Crippen molar-refractivity contribution >= 4 is 0 Å². The molecule has 110 valence electrons. The van der Waals surface area contributed by atoms with Gasteiger partial charge in [0.15, 0.2) is 6.10 Å². The maximum atomic E-state index is 12.1. The largest absolute Gasteiger partial charge is 0.414 e. The fraction of sp³-hybridized carbons (Fsp3) is 1.00. The molecule has 0 rings (SSSR count). The highest BCUT2D eigenvalue weighted by molar-refractivity contribution is 4.81. The molecule has 0 aromatic rings. The summed E-state index contributed by atoms with van der Waals surface area (Å²) in [6.45, 7) is 5.71. The maximum absolute atomic E-state index is 12.1. The lowest BCUT2D eigenvalue weighted by Crippen LogP contribution is -2.45. The van der Waals surface area contributed by atoms with Gasteiger partial charge in [0, 0.05) is 12.1 Å². The average molecular weight is 271 g/mol. The van der Waals surface area contributed by atoms with E-state index in [0.29, 0.717) is 19.3 Å². The molecule has 2 atom stereocenters. The highest BCUT2D eigenvalue weighted by atomic mass is 19.4. The van der Waals surface area contributed by atoms with Crippen molar-refractivity contribution in [1.29, 1.82) is 0 Å². The molecule has 3 nitrogen and oxygen atoms in total. The molecule has 0 aromatic carbocycles. The van der Waals surface area contributed by atoms with Crippen LogP contribution in [-0.4, -0.2) is 42.7 Å². The number of ether oxygens (including phenoxy) is 1. The van der Waals surface area contributed by atoms with Crippen LogP contribution < -0.4 is 5.32 Å². The molecule has 2 unspecified atom stereocenters. The summed E-state index contributed by atoms with van der Waals surface area (Å²) in [5.74, 6) is 0. The monoisotopic (exact) mass is 271 g/mol. The van der Waals surface area contributed by atoms with Crippen molar-refractivity contribution in [2.45, 2.75) is 57.9 Å². The summed E-state index contributed by atoms with van der Waals surface area (Å²) in [7, 11) is 0. The quantitative estimate of drug-likeness (QED) is 0.633. The second-order valence-electron chi connectivity index (χ2n) is 4.76. The summed E-state index contributed by atoms with van der Waals surface area (Å²) in [6, 6.07) is 0.